The first kappa shape index (κ1) is 11.2. The van der Waals surface area contributed by atoms with Gasteiger partial charge < -0.3 is 0 Å². The number of nitrogens with zero attached hydrogens (tertiary/aromatic N) is 1. The molecule has 0 aliphatic rings. The monoisotopic (exact) mass is 201 g/mol. The summed E-state index contributed by atoms with van der Waals surface area (Å²) >= 11 is 0. The van der Waals surface area contributed by atoms with E-state index in [1.165, 1.54) is 0 Å². The molecule has 3 nitrogen and oxygen atoms in total. The molecule has 0 aromatic heterocycles. The maximum absolute atomic E-state index is 11.5. The number of carbonyl (C=O) groups excluding carboxylic acids is 1. The second-order valence-corrected chi connectivity index (χ2v) is 3.00. The topological polar surface area (TPSA) is 46.5 Å². The normalized spacial score (nSPS) is 14.2. The van der Waals surface area contributed by atoms with E-state index in [-0.39, 0.29) is 5.75 Å². The van der Waals surface area contributed by atoms with E-state index >= 15 is 0 Å². The third-order valence-corrected chi connectivity index (χ3v) is 1.71. The molecule has 12 heavy (non-hydrogen) atoms. The van der Waals surface area contributed by atoms with Crippen LogP contribution in [0.4, 0.5) is 13.2 Å². The van der Waals surface area contributed by atoms with E-state index in [2.05, 4.69) is 10.9 Å². The summed E-state index contributed by atoms with van der Waals surface area (Å²) in [5.74, 6) is -2.54. The van der Waals surface area contributed by atoms with E-state index in [1.54, 1.807) is 0 Å². The van der Waals surface area contributed by atoms with Crippen LogP contribution in [0.1, 0.15) is 0 Å². The lowest BCUT2D eigenvalue weighted by Crippen LogP contribution is -2.20. The van der Waals surface area contributed by atoms with E-state index in [1.807, 2.05) is 0 Å². The molecule has 0 radical (unpaired) electrons. The van der Waals surface area contributed by atoms with Gasteiger partial charge in [0.2, 0.25) is 0 Å². The van der Waals surface area contributed by atoms with Crippen molar-refractivity contribution in [1.82, 2.24) is 0 Å². The molecule has 0 saturated carbocycles. The van der Waals surface area contributed by atoms with Crippen LogP contribution in [0, 0.1) is 0 Å². The molecule has 0 saturated heterocycles. The molecule has 0 heterocycles. The van der Waals surface area contributed by atoms with Crippen molar-refractivity contribution in [2.24, 2.45) is 4.36 Å². The number of rotatable bonds is 2. The Kier molecular flexibility index (Phi) is 3.94. The first-order valence-electron chi connectivity index (χ1n) is 2.76. The summed E-state index contributed by atoms with van der Waals surface area (Å²) in [5.41, 5.74) is 0. The van der Waals surface area contributed by atoms with Crippen LogP contribution in [-0.4, -0.2) is 22.0 Å². The summed E-state index contributed by atoms with van der Waals surface area (Å²) in [5, 5.41) is 0. The third kappa shape index (κ3) is 4.12. The molecule has 1 unspecified atom stereocenters. The van der Waals surface area contributed by atoms with Crippen molar-refractivity contribution < 1.29 is 22.2 Å². The van der Waals surface area contributed by atoms with Gasteiger partial charge in [-0.25, -0.2) is 0 Å². The molecule has 7 heteroatoms. The zero-order chi connectivity index (χ0) is 9.78. The van der Waals surface area contributed by atoms with Gasteiger partial charge in [-0.1, -0.05) is 6.08 Å². The fraction of sp³-hybridized carbons (Fsp3) is 0.400. The van der Waals surface area contributed by atoms with Crippen LogP contribution in [0.3, 0.4) is 0 Å². The van der Waals surface area contributed by atoms with Crippen molar-refractivity contribution in [3.63, 3.8) is 0 Å². The largest absolute Gasteiger partial charge is 0.474 e. The average molecular weight is 201 g/mol. The van der Waals surface area contributed by atoms with Crippen LogP contribution in [0.5, 0.6) is 0 Å². The van der Waals surface area contributed by atoms with Gasteiger partial charge in [-0.05, 0) is 0 Å². The minimum Gasteiger partial charge on any atom is -0.261 e. The van der Waals surface area contributed by atoms with Crippen molar-refractivity contribution in [3.8, 4) is 0 Å². The Morgan fingerprint density at radius 3 is 2.42 bits per heavy atom. The van der Waals surface area contributed by atoms with Crippen molar-refractivity contribution in [2.75, 3.05) is 5.75 Å². The predicted octanol–water partition coefficient (Wildman–Crippen LogP) is 0.926. The van der Waals surface area contributed by atoms with Crippen molar-refractivity contribution >= 4 is 16.5 Å². The van der Waals surface area contributed by atoms with Gasteiger partial charge in [0.15, 0.2) is 0 Å². The van der Waals surface area contributed by atoms with Crippen LogP contribution < -0.4 is 0 Å². The summed E-state index contributed by atoms with van der Waals surface area (Å²) in [6.07, 6.45) is -3.90. The highest BCUT2D eigenvalue weighted by Gasteiger charge is 2.38. The van der Waals surface area contributed by atoms with E-state index in [0.29, 0.717) is 0 Å². The second kappa shape index (κ2) is 4.24. The molecular formula is C5H6F3NO2S. The maximum Gasteiger partial charge on any atom is 0.474 e. The van der Waals surface area contributed by atoms with Gasteiger partial charge in [0.05, 0.1) is 0 Å². The molecule has 0 N–H and O–H groups in total. The lowest BCUT2D eigenvalue weighted by Gasteiger charge is -1.97. The van der Waals surface area contributed by atoms with Crippen LogP contribution in [-0.2, 0) is 15.4 Å². The van der Waals surface area contributed by atoms with Gasteiger partial charge in [-0.2, -0.15) is 17.5 Å². The highest BCUT2D eigenvalue weighted by Crippen LogP contribution is 2.16. The Morgan fingerprint density at radius 1 is 1.58 bits per heavy atom. The smallest absolute Gasteiger partial charge is 0.261 e. The Hall–Kier alpha value is -0.850. The van der Waals surface area contributed by atoms with Gasteiger partial charge in [0.25, 0.3) is 0 Å². The molecule has 0 aromatic carbocycles. The number of hydrogen-bond acceptors (Lipinski definition) is 2. The fourth-order valence-electron chi connectivity index (χ4n) is 0.309. The van der Waals surface area contributed by atoms with Crippen LogP contribution in [0.2, 0.25) is 0 Å². The summed E-state index contributed by atoms with van der Waals surface area (Å²) in [6, 6.07) is 0. The Morgan fingerprint density at radius 2 is 2.08 bits per heavy atom. The Bertz CT molecular complexity index is 264. The molecule has 70 valence electrons. The molecule has 0 aromatic rings. The van der Waals surface area contributed by atoms with Crippen LogP contribution in [0.15, 0.2) is 17.0 Å². The average Bonchev–Trinajstić information content (AvgIpc) is 1.85. The highest BCUT2D eigenvalue weighted by molar-refractivity contribution is 7.75. The molecule has 0 aliphatic carbocycles. The van der Waals surface area contributed by atoms with Gasteiger partial charge in [-0.3, -0.25) is 9.00 Å². The number of halogens is 3. The predicted molar refractivity (Wildman–Crippen MR) is 38.1 cm³/mol. The van der Waals surface area contributed by atoms with E-state index in [0.717, 1.165) is 6.08 Å². The van der Waals surface area contributed by atoms with Gasteiger partial charge >= 0.3 is 12.1 Å². The standard InChI is InChI=1S/C5H6F3NO2S/c1-2-3-12(11)9-4(10)5(6,7)8/h2,12H,1,3H2. The third-order valence-electron chi connectivity index (χ3n) is 0.730. The maximum atomic E-state index is 11.5. The molecule has 0 rings (SSSR count). The first-order valence-corrected chi connectivity index (χ1v) is 4.16. The summed E-state index contributed by atoms with van der Waals surface area (Å²) < 4.78 is 47.3. The van der Waals surface area contributed by atoms with Crippen molar-refractivity contribution in [1.29, 1.82) is 0 Å². The molecule has 0 bridgehead atoms. The highest BCUT2D eigenvalue weighted by atomic mass is 32.2. The Labute approximate surface area is 68.5 Å². The van der Waals surface area contributed by atoms with Crippen LogP contribution >= 0.6 is 0 Å². The van der Waals surface area contributed by atoms with Crippen molar-refractivity contribution in [3.05, 3.63) is 12.7 Å². The number of alkyl halides is 3. The lowest BCUT2D eigenvalue weighted by molar-refractivity contribution is -0.169. The number of amides is 1. The second-order valence-electron chi connectivity index (χ2n) is 1.73. The number of thiol groups is 1. The molecule has 0 aliphatic heterocycles. The van der Waals surface area contributed by atoms with Crippen LogP contribution in [0.25, 0.3) is 0 Å². The first-order chi connectivity index (χ1) is 5.38. The fourth-order valence-corrected chi connectivity index (χ4v) is 0.928. The summed E-state index contributed by atoms with van der Waals surface area (Å²) in [4.78, 5) is 10.0. The van der Waals surface area contributed by atoms with E-state index in [9.17, 15) is 22.2 Å². The minimum absolute atomic E-state index is 0.225. The molecule has 1 atom stereocenters. The van der Waals surface area contributed by atoms with E-state index < -0.39 is 22.7 Å². The van der Waals surface area contributed by atoms with Gasteiger partial charge in [-0.15, -0.1) is 6.58 Å². The summed E-state index contributed by atoms with van der Waals surface area (Å²) in [7, 11) is -2.50. The number of carbonyl (C=O) groups is 1. The van der Waals surface area contributed by atoms with Crippen molar-refractivity contribution in [2.45, 2.75) is 6.18 Å². The quantitative estimate of drug-likeness (QED) is 0.533. The zero-order valence-corrected chi connectivity index (χ0v) is 6.73. The zero-order valence-electron chi connectivity index (χ0n) is 5.84. The molecule has 0 spiro atoms. The molecular weight excluding hydrogens is 195 g/mol. The Balaban J connectivity index is 4.45. The minimum atomic E-state index is -5.04. The summed E-state index contributed by atoms with van der Waals surface area (Å²) in [6.45, 7) is 3.13. The molecule has 0 fully saturated rings. The van der Waals surface area contributed by atoms with Gasteiger partial charge in [0, 0.05) is 16.3 Å². The molecule has 1 amide bonds. The number of hydrogen-bond donors (Lipinski definition) is 1. The van der Waals surface area contributed by atoms with Gasteiger partial charge in [0.1, 0.15) is 0 Å². The lowest BCUT2D eigenvalue weighted by atomic mass is 10.6. The van der Waals surface area contributed by atoms with E-state index in [4.69, 9.17) is 0 Å². The SMILES string of the molecule is C=CC/[SH](=O)=N\C(=O)C(F)(F)F.